The van der Waals surface area contributed by atoms with Gasteiger partial charge in [0.15, 0.2) is 0 Å². The van der Waals surface area contributed by atoms with Gasteiger partial charge in [-0.2, -0.15) is 11.8 Å². The molecule has 1 heteroatoms. The molecule has 0 heterocycles. The van der Waals surface area contributed by atoms with Crippen molar-refractivity contribution in [2.24, 2.45) is 0 Å². The minimum atomic E-state index is 0.985. The molecule has 0 aromatic carbocycles. The van der Waals surface area contributed by atoms with Crippen LogP contribution in [0.4, 0.5) is 0 Å². The summed E-state index contributed by atoms with van der Waals surface area (Å²) in [6.45, 7) is 3.81. The summed E-state index contributed by atoms with van der Waals surface area (Å²) >= 11 is 1.79. The van der Waals surface area contributed by atoms with Crippen LogP contribution in [0.1, 0.15) is 38.5 Å². The fourth-order valence-corrected chi connectivity index (χ4v) is 1.20. The van der Waals surface area contributed by atoms with Gasteiger partial charge in [-0.15, -0.1) is 5.92 Å². The molecule has 0 atom stereocenters. The number of hydrogen-bond acceptors (Lipinski definition) is 1. The summed E-state index contributed by atoms with van der Waals surface area (Å²) in [7, 11) is 0. The van der Waals surface area contributed by atoms with Gasteiger partial charge in [0, 0.05) is 6.42 Å². The van der Waals surface area contributed by atoms with Gasteiger partial charge in [0.2, 0.25) is 0 Å². The molecule has 0 saturated carbocycles. The number of rotatable bonds is 6. The second-order valence-corrected chi connectivity index (χ2v) is 3.67. The minimum Gasteiger partial charge on any atom is -0.152 e. The van der Waals surface area contributed by atoms with E-state index in [1.54, 1.807) is 11.8 Å². The summed E-state index contributed by atoms with van der Waals surface area (Å²) in [5, 5.41) is 0. The normalized spacial score (nSPS) is 9.17. The van der Waals surface area contributed by atoms with E-state index in [9.17, 15) is 0 Å². The van der Waals surface area contributed by atoms with Crippen molar-refractivity contribution in [2.75, 3.05) is 12.0 Å². The topological polar surface area (TPSA) is 0 Å². The molecule has 1 radical (unpaired) electrons. The van der Waals surface area contributed by atoms with Crippen LogP contribution in [0.2, 0.25) is 0 Å². The third-order valence-electron chi connectivity index (χ3n) is 1.64. The van der Waals surface area contributed by atoms with E-state index in [-0.39, 0.29) is 0 Å². The Balaban J connectivity index is 2.96. The van der Waals surface area contributed by atoms with E-state index in [0.29, 0.717) is 0 Å². The fourth-order valence-electron chi connectivity index (χ4n) is 0.955. The third kappa shape index (κ3) is 9.91. The summed E-state index contributed by atoms with van der Waals surface area (Å²) in [4.78, 5) is 0. The molecule has 0 saturated heterocycles. The van der Waals surface area contributed by atoms with Crippen molar-refractivity contribution in [3.05, 3.63) is 6.92 Å². The molecular weight excluding hydrogens is 164 g/mol. The first-order valence-corrected chi connectivity index (χ1v) is 6.05. The highest BCUT2D eigenvalue weighted by molar-refractivity contribution is 7.98. The largest absolute Gasteiger partial charge is 0.152 e. The average Bonchev–Trinajstić information content (AvgIpc) is 2.10. The van der Waals surface area contributed by atoms with Crippen molar-refractivity contribution in [3.8, 4) is 11.8 Å². The summed E-state index contributed by atoms with van der Waals surface area (Å²) in [6.07, 6.45) is 9.44. The SMILES string of the molecule is [CH2]CCCCCCC#CCSC. The van der Waals surface area contributed by atoms with Crippen LogP contribution < -0.4 is 0 Å². The number of unbranched alkanes of at least 4 members (excludes halogenated alkanes) is 5. The Morgan fingerprint density at radius 1 is 1.08 bits per heavy atom. The molecule has 0 fully saturated rings. The zero-order valence-corrected chi connectivity index (χ0v) is 8.88. The summed E-state index contributed by atoms with van der Waals surface area (Å²) in [6, 6.07) is 0. The predicted octanol–water partition coefficient (Wildman–Crippen LogP) is 3.53. The molecule has 0 amide bonds. The first-order chi connectivity index (χ1) is 5.91. The second kappa shape index (κ2) is 10.9. The molecule has 0 aliphatic heterocycles. The lowest BCUT2D eigenvalue weighted by Gasteiger charge is -1.94. The van der Waals surface area contributed by atoms with Gasteiger partial charge in [0.25, 0.3) is 0 Å². The Morgan fingerprint density at radius 2 is 1.83 bits per heavy atom. The first-order valence-electron chi connectivity index (χ1n) is 4.65. The zero-order valence-electron chi connectivity index (χ0n) is 8.07. The molecule has 0 unspecified atom stereocenters. The maximum absolute atomic E-state index is 3.81. The first kappa shape index (κ1) is 11.9. The summed E-state index contributed by atoms with van der Waals surface area (Å²) in [5.41, 5.74) is 0. The van der Waals surface area contributed by atoms with Crippen molar-refractivity contribution < 1.29 is 0 Å². The Morgan fingerprint density at radius 3 is 2.50 bits per heavy atom. The molecular formula is C11H19S. The third-order valence-corrected chi connectivity index (χ3v) is 2.08. The van der Waals surface area contributed by atoms with Gasteiger partial charge in [0.05, 0.1) is 5.75 Å². The fraction of sp³-hybridized carbons (Fsp3) is 0.727. The summed E-state index contributed by atoms with van der Waals surface area (Å²) < 4.78 is 0. The lowest BCUT2D eigenvalue weighted by molar-refractivity contribution is 0.655. The van der Waals surface area contributed by atoms with Crippen LogP contribution in [0.3, 0.4) is 0 Å². The standard InChI is InChI=1S/C11H19S/c1-3-4-5-6-7-8-9-10-11-12-2/h1,3-8,11H2,2H3. The van der Waals surface area contributed by atoms with E-state index in [1.807, 2.05) is 0 Å². The lowest BCUT2D eigenvalue weighted by atomic mass is 10.1. The highest BCUT2D eigenvalue weighted by Crippen LogP contribution is 2.03. The van der Waals surface area contributed by atoms with E-state index in [1.165, 1.54) is 25.7 Å². The van der Waals surface area contributed by atoms with Gasteiger partial charge in [0.1, 0.15) is 0 Å². The highest BCUT2D eigenvalue weighted by atomic mass is 32.2. The van der Waals surface area contributed by atoms with E-state index in [0.717, 1.165) is 18.6 Å². The van der Waals surface area contributed by atoms with Crippen LogP contribution in [-0.2, 0) is 0 Å². The van der Waals surface area contributed by atoms with E-state index >= 15 is 0 Å². The van der Waals surface area contributed by atoms with Gasteiger partial charge in [-0.3, -0.25) is 0 Å². The zero-order chi connectivity index (χ0) is 9.07. The van der Waals surface area contributed by atoms with Crippen LogP contribution in [0.25, 0.3) is 0 Å². The Kier molecular flexibility index (Phi) is 10.8. The second-order valence-electron chi connectivity index (χ2n) is 2.80. The van der Waals surface area contributed by atoms with Crippen LogP contribution >= 0.6 is 11.8 Å². The lowest BCUT2D eigenvalue weighted by Crippen LogP contribution is -1.76. The van der Waals surface area contributed by atoms with E-state index in [2.05, 4.69) is 25.0 Å². The van der Waals surface area contributed by atoms with Crippen LogP contribution in [0.5, 0.6) is 0 Å². The Labute approximate surface area is 81.5 Å². The molecule has 0 aromatic rings. The Bertz CT molecular complexity index is 130. The molecule has 0 spiro atoms. The van der Waals surface area contributed by atoms with Gasteiger partial charge < -0.3 is 0 Å². The molecule has 0 aliphatic rings. The Hall–Kier alpha value is -0.0900. The maximum atomic E-state index is 3.81. The summed E-state index contributed by atoms with van der Waals surface area (Å²) in [5.74, 6) is 7.29. The van der Waals surface area contributed by atoms with Gasteiger partial charge in [-0.25, -0.2) is 0 Å². The molecule has 0 bridgehead atoms. The van der Waals surface area contributed by atoms with E-state index < -0.39 is 0 Å². The molecule has 0 aliphatic carbocycles. The van der Waals surface area contributed by atoms with Crippen LogP contribution in [0, 0.1) is 18.8 Å². The van der Waals surface area contributed by atoms with Crippen LogP contribution in [0.15, 0.2) is 0 Å². The molecule has 0 aromatic heterocycles. The highest BCUT2D eigenvalue weighted by Gasteiger charge is 1.85. The van der Waals surface area contributed by atoms with Crippen molar-refractivity contribution in [3.63, 3.8) is 0 Å². The van der Waals surface area contributed by atoms with Crippen LogP contribution in [-0.4, -0.2) is 12.0 Å². The predicted molar refractivity (Wildman–Crippen MR) is 59.2 cm³/mol. The van der Waals surface area contributed by atoms with Crippen molar-refractivity contribution in [1.29, 1.82) is 0 Å². The maximum Gasteiger partial charge on any atom is 0.0544 e. The van der Waals surface area contributed by atoms with Gasteiger partial charge in [-0.05, 0) is 12.7 Å². The van der Waals surface area contributed by atoms with Crippen molar-refractivity contribution >= 4 is 11.8 Å². The molecule has 0 rings (SSSR count). The number of hydrogen-bond donors (Lipinski definition) is 0. The van der Waals surface area contributed by atoms with Gasteiger partial charge in [-0.1, -0.05) is 38.5 Å². The number of thioether (sulfide) groups is 1. The molecule has 0 nitrogen and oxygen atoms in total. The van der Waals surface area contributed by atoms with Crippen molar-refractivity contribution in [1.82, 2.24) is 0 Å². The van der Waals surface area contributed by atoms with Gasteiger partial charge >= 0.3 is 0 Å². The molecule has 0 N–H and O–H groups in total. The smallest absolute Gasteiger partial charge is 0.0544 e. The van der Waals surface area contributed by atoms with Crippen molar-refractivity contribution in [2.45, 2.75) is 38.5 Å². The minimum absolute atomic E-state index is 0.985. The van der Waals surface area contributed by atoms with E-state index in [4.69, 9.17) is 0 Å². The average molecular weight is 183 g/mol. The monoisotopic (exact) mass is 183 g/mol. The quantitative estimate of drug-likeness (QED) is 0.448. The molecule has 69 valence electrons. The molecule has 12 heavy (non-hydrogen) atoms.